The van der Waals surface area contributed by atoms with Gasteiger partial charge in [-0.1, -0.05) is 28.1 Å². The molecule has 0 aromatic heterocycles. The Morgan fingerprint density at radius 3 is 2.56 bits per heavy atom. The Morgan fingerprint density at radius 1 is 1.44 bits per heavy atom. The second kappa shape index (κ2) is 5.66. The minimum atomic E-state index is -4.53. The molecule has 0 saturated carbocycles. The van der Waals surface area contributed by atoms with Gasteiger partial charge in [0, 0.05) is 10.0 Å². The van der Waals surface area contributed by atoms with E-state index < -0.39 is 17.6 Å². The molecule has 0 aliphatic carbocycles. The maximum atomic E-state index is 12.6. The minimum absolute atomic E-state index is 0.0523. The zero-order valence-electron chi connectivity index (χ0n) is 8.84. The van der Waals surface area contributed by atoms with Crippen LogP contribution in [0, 0.1) is 0 Å². The number of nitrogens with two attached hydrogens (primary N) is 1. The summed E-state index contributed by atoms with van der Waals surface area (Å²) in [4.78, 5) is 11.6. The van der Waals surface area contributed by atoms with Gasteiger partial charge in [-0.05, 0) is 18.2 Å². The second-order valence-corrected chi connectivity index (χ2v) is 4.72. The third-order valence-corrected chi connectivity index (χ3v) is 2.79. The first-order chi connectivity index (χ1) is 8.21. The molecule has 1 rings (SSSR count). The summed E-state index contributed by atoms with van der Waals surface area (Å²) in [5, 5.41) is 2.31. The number of hydrogen-bond donors (Lipinski definition) is 2. The number of amides is 1. The molecular formula is C10H8BrF3N2OS. The van der Waals surface area contributed by atoms with Crippen molar-refractivity contribution < 1.29 is 18.0 Å². The summed E-state index contributed by atoms with van der Waals surface area (Å²) in [6.45, 7) is -0.0639. The highest BCUT2D eigenvalue weighted by molar-refractivity contribution is 9.10. The van der Waals surface area contributed by atoms with Crippen LogP contribution >= 0.6 is 28.1 Å². The van der Waals surface area contributed by atoms with E-state index >= 15 is 0 Å². The Labute approximate surface area is 115 Å². The smallest absolute Gasteiger partial charge is 0.392 e. The molecule has 0 radical (unpaired) electrons. The van der Waals surface area contributed by atoms with Gasteiger partial charge < -0.3 is 11.1 Å². The number of carbonyl (C=O) groups excluding carboxylic acids is 1. The number of carbonyl (C=O) groups is 1. The number of rotatable bonds is 3. The van der Waals surface area contributed by atoms with Crippen molar-refractivity contribution in [1.82, 2.24) is 5.32 Å². The molecule has 0 aliphatic rings. The summed E-state index contributed by atoms with van der Waals surface area (Å²) < 4.78 is 37.7. The van der Waals surface area contributed by atoms with Gasteiger partial charge in [0.2, 0.25) is 0 Å². The van der Waals surface area contributed by atoms with E-state index in [-0.39, 0.29) is 21.6 Å². The Kier molecular flexibility index (Phi) is 4.69. The molecule has 8 heteroatoms. The monoisotopic (exact) mass is 340 g/mol. The molecule has 0 bridgehead atoms. The molecule has 0 heterocycles. The fraction of sp³-hybridized carbons (Fsp3) is 0.200. The van der Waals surface area contributed by atoms with Crippen LogP contribution in [0.4, 0.5) is 13.2 Å². The first-order valence-electron chi connectivity index (χ1n) is 4.65. The highest BCUT2D eigenvalue weighted by Crippen LogP contribution is 2.35. The topological polar surface area (TPSA) is 55.1 Å². The molecule has 0 fully saturated rings. The lowest BCUT2D eigenvalue weighted by atomic mass is 10.1. The fourth-order valence-electron chi connectivity index (χ4n) is 1.15. The van der Waals surface area contributed by atoms with E-state index in [9.17, 15) is 18.0 Å². The van der Waals surface area contributed by atoms with Gasteiger partial charge in [-0.3, -0.25) is 4.79 Å². The zero-order valence-corrected chi connectivity index (χ0v) is 11.2. The van der Waals surface area contributed by atoms with Crippen LogP contribution in [-0.4, -0.2) is 17.4 Å². The quantitative estimate of drug-likeness (QED) is 0.831. The molecule has 0 saturated heterocycles. The van der Waals surface area contributed by atoms with E-state index in [1.54, 1.807) is 0 Å². The molecule has 1 amide bonds. The number of benzene rings is 1. The van der Waals surface area contributed by atoms with E-state index in [1.165, 1.54) is 12.1 Å². The SMILES string of the molecule is NC(=S)CNC(=O)c1ccc(Br)c(C(F)(F)F)c1. The third kappa shape index (κ3) is 3.95. The van der Waals surface area contributed by atoms with Crippen LogP contribution in [0.2, 0.25) is 0 Å². The number of halogens is 4. The van der Waals surface area contributed by atoms with Crippen LogP contribution in [0.25, 0.3) is 0 Å². The lowest BCUT2D eigenvalue weighted by Crippen LogP contribution is -2.32. The van der Waals surface area contributed by atoms with Crippen molar-refractivity contribution >= 4 is 39.0 Å². The van der Waals surface area contributed by atoms with E-state index in [2.05, 4.69) is 33.5 Å². The Bertz CT molecular complexity index is 491. The Balaban J connectivity index is 2.98. The van der Waals surface area contributed by atoms with Gasteiger partial charge in [-0.2, -0.15) is 13.2 Å². The summed E-state index contributed by atoms with van der Waals surface area (Å²) in [6.07, 6.45) is -4.53. The average Bonchev–Trinajstić information content (AvgIpc) is 2.24. The van der Waals surface area contributed by atoms with E-state index in [0.29, 0.717) is 0 Å². The standard InChI is InChI=1S/C10H8BrF3N2OS/c11-7-2-1-5(3-6(7)10(12,13)14)9(17)16-4-8(15)18/h1-3H,4H2,(H2,15,18)(H,16,17). The highest BCUT2D eigenvalue weighted by Gasteiger charge is 2.33. The lowest BCUT2D eigenvalue weighted by molar-refractivity contribution is -0.138. The summed E-state index contributed by atoms with van der Waals surface area (Å²) >= 11 is 7.33. The number of nitrogens with one attached hydrogen (secondary N) is 1. The van der Waals surface area contributed by atoms with Crippen LogP contribution in [0.15, 0.2) is 22.7 Å². The third-order valence-electron chi connectivity index (χ3n) is 1.96. The minimum Gasteiger partial charge on any atom is -0.392 e. The van der Waals surface area contributed by atoms with Gasteiger partial charge >= 0.3 is 6.18 Å². The molecule has 3 nitrogen and oxygen atoms in total. The maximum absolute atomic E-state index is 12.6. The second-order valence-electron chi connectivity index (χ2n) is 3.34. The van der Waals surface area contributed by atoms with Crippen molar-refractivity contribution in [3.63, 3.8) is 0 Å². The van der Waals surface area contributed by atoms with Crippen LogP contribution in [0.5, 0.6) is 0 Å². The number of thiocarbonyl (C=S) groups is 1. The van der Waals surface area contributed by atoms with Crippen molar-refractivity contribution in [2.45, 2.75) is 6.18 Å². The molecule has 1 aromatic rings. The van der Waals surface area contributed by atoms with Gasteiger partial charge in [0.1, 0.15) is 0 Å². The highest BCUT2D eigenvalue weighted by atomic mass is 79.9. The predicted octanol–water partition coefficient (Wildman–Crippen LogP) is 2.48. The average molecular weight is 341 g/mol. The Hall–Kier alpha value is -1.15. The van der Waals surface area contributed by atoms with Crippen molar-refractivity contribution in [3.05, 3.63) is 33.8 Å². The zero-order chi connectivity index (χ0) is 13.9. The molecule has 0 aliphatic heterocycles. The van der Waals surface area contributed by atoms with Crippen LogP contribution in [-0.2, 0) is 6.18 Å². The van der Waals surface area contributed by atoms with E-state index in [1.807, 2.05) is 0 Å². The summed E-state index contributed by atoms with van der Waals surface area (Å²) in [5.74, 6) is -0.666. The van der Waals surface area contributed by atoms with Gasteiger partial charge in [-0.15, -0.1) is 0 Å². The van der Waals surface area contributed by atoms with Gasteiger partial charge in [0.25, 0.3) is 5.91 Å². The molecule has 0 unspecified atom stereocenters. The molecule has 18 heavy (non-hydrogen) atoms. The fourth-order valence-corrected chi connectivity index (χ4v) is 1.70. The molecule has 0 spiro atoms. The molecular weight excluding hydrogens is 333 g/mol. The van der Waals surface area contributed by atoms with Gasteiger partial charge in [-0.25, -0.2) is 0 Å². The molecule has 0 atom stereocenters. The predicted molar refractivity (Wildman–Crippen MR) is 68.3 cm³/mol. The van der Waals surface area contributed by atoms with E-state index in [0.717, 1.165) is 6.07 Å². The summed E-state index contributed by atoms with van der Waals surface area (Å²) in [7, 11) is 0. The van der Waals surface area contributed by atoms with Crippen LogP contribution in [0.1, 0.15) is 15.9 Å². The lowest BCUT2D eigenvalue weighted by Gasteiger charge is -2.11. The number of hydrogen-bond acceptors (Lipinski definition) is 2. The number of alkyl halides is 3. The van der Waals surface area contributed by atoms with Gasteiger partial charge in [0.05, 0.1) is 17.1 Å². The summed E-state index contributed by atoms with van der Waals surface area (Å²) in [5.41, 5.74) is 4.15. The summed E-state index contributed by atoms with van der Waals surface area (Å²) in [6, 6.07) is 3.20. The molecule has 1 aromatic carbocycles. The normalized spacial score (nSPS) is 11.1. The van der Waals surface area contributed by atoms with Crippen LogP contribution in [0.3, 0.4) is 0 Å². The van der Waals surface area contributed by atoms with Crippen molar-refractivity contribution in [1.29, 1.82) is 0 Å². The van der Waals surface area contributed by atoms with Crippen molar-refractivity contribution in [2.24, 2.45) is 5.73 Å². The van der Waals surface area contributed by atoms with Crippen molar-refractivity contribution in [2.75, 3.05) is 6.54 Å². The molecule has 98 valence electrons. The van der Waals surface area contributed by atoms with Gasteiger partial charge in [0.15, 0.2) is 0 Å². The molecule has 3 N–H and O–H groups in total. The van der Waals surface area contributed by atoms with Crippen LogP contribution < -0.4 is 11.1 Å². The van der Waals surface area contributed by atoms with Crippen molar-refractivity contribution in [3.8, 4) is 0 Å². The van der Waals surface area contributed by atoms with E-state index in [4.69, 9.17) is 5.73 Å². The maximum Gasteiger partial charge on any atom is 0.417 e. The first-order valence-corrected chi connectivity index (χ1v) is 5.85. The largest absolute Gasteiger partial charge is 0.417 e. The first kappa shape index (κ1) is 14.9. The Morgan fingerprint density at radius 2 is 2.06 bits per heavy atom.